The number of aryl methyl sites for hydroxylation is 2. The van der Waals surface area contributed by atoms with Crippen LogP contribution in [0.15, 0.2) is 47.5 Å². The molecule has 3 aliphatic rings. The van der Waals surface area contributed by atoms with E-state index in [4.69, 9.17) is 0 Å². The van der Waals surface area contributed by atoms with Gasteiger partial charge in [0.1, 0.15) is 17.1 Å². The quantitative estimate of drug-likeness (QED) is 0.473. The van der Waals surface area contributed by atoms with Crippen molar-refractivity contribution in [2.24, 2.45) is 4.99 Å². The van der Waals surface area contributed by atoms with Crippen molar-refractivity contribution in [3.05, 3.63) is 59.2 Å². The smallest absolute Gasteiger partial charge is 0.406 e. The molecule has 218 valence electrons. The van der Waals surface area contributed by atoms with Crippen LogP contribution >= 0.6 is 0 Å². The summed E-state index contributed by atoms with van der Waals surface area (Å²) in [4.78, 5) is 42.3. The highest BCUT2D eigenvalue weighted by atomic mass is 32.2. The third kappa shape index (κ3) is 5.91. The molecule has 5 rings (SSSR count). The summed E-state index contributed by atoms with van der Waals surface area (Å²) in [5.41, 5.74) is 0.914. The molecule has 2 fully saturated rings. The van der Waals surface area contributed by atoms with Crippen LogP contribution in [0.2, 0.25) is 0 Å². The van der Waals surface area contributed by atoms with Crippen molar-refractivity contribution in [3.63, 3.8) is 0 Å². The van der Waals surface area contributed by atoms with E-state index >= 15 is 0 Å². The number of rotatable bonds is 7. The molecule has 1 spiro atoms. The number of imide groups is 1. The Bertz CT molecular complexity index is 1530. The van der Waals surface area contributed by atoms with Gasteiger partial charge in [-0.2, -0.15) is 0 Å². The highest BCUT2D eigenvalue weighted by Gasteiger charge is 2.47. The number of carbonyl (C=O) groups excluding carboxylic acids is 3. The van der Waals surface area contributed by atoms with Gasteiger partial charge in [0.05, 0.1) is 18.0 Å². The van der Waals surface area contributed by atoms with Gasteiger partial charge in [-0.3, -0.25) is 14.6 Å². The molecule has 2 saturated heterocycles. The zero-order chi connectivity index (χ0) is 29.6. The maximum absolute atomic E-state index is 13.1. The summed E-state index contributed by atoms with van der Waals surface area (Å²) in [5.74, 6) is -1.34. The van der Waals surface area contributed by atoms with Crippen LogP contribution in [0, 0.1) is 6.92 Å². The Balaban J connectivity index is 1.22. The molecule has 0 radical (unpaired) electrons. The number of aliphatic imine (C=N–C) groups is 1. The third-order valence-electron chi connectivity index (χ3n) is 7.32. The minimum absolute atomic E-state index is 0.0495. The number of ether oxygens (including phenoxy) is 1. The number of urea groups is 1. The molecule has 4 amide bonds. The summed E-state index contributed by atoms with van der Waals surface area (Å²) in [6.07, 6.45) is -4.44. The number of nitrogens with one attached hydrogen (secondary N) is 2. The van der Waals surface area contributed by atoms with Crippen LogP contribution in [0.1, 0.15) is 29.5 Å². The third-order valence-corrected chi connectivity index (χ3v) is 9.19. The molecule has 2 aromatic rings. The minimum atomic E-state index is -4.87. The first-order valence-corrected chi connectivity index (χ1v) is 14.3. The summed E-state index contributed by atoms with van der Waals surface area (Å²) in [7, 11) is -3.69. The number of sulfonamides is 1. The number of hydrogen-bond acceptors (Lipinski definition) is 7. The first-order chi connectivity index (χ1) is 19.3. The van der Waals surface area contributed by atoms with E-state index in [-0.39, 0.29) is 62.0 Å². The van der Waals surface area contributed by atoms with Gasteiger partial charge in [0.25, 0.3) is 11.8 Å². The number of amidine groups is 1. The highest BCUT2D eigenvalue weighted by molar-refractivity contribution is 7.89. The van der Waals surface area contributed by atoms with E-state index in [1.165, 1.54) is 16.4 Å². The Labute approximate surface area is 233 Å². The van der Waals surface area contributed by atoms with Crippen LogP contribution in [-0.2, 0) is 26.0 Å². The second-order valence-corrected chi connectivity index (χ2v) is 12.1. The summed E-state index contributed by atoms with van der Waals surface area (Å²) in [6.45, 7) is 1.79. The minimum Gasteiger partial charge on any atom is -0.406 e. The monoisotopic (exact) mass is 593 g/mol. The second kappa shape index (κ2) is 10.4. The molecule has 0 unspecified atom stereocenters. The Morgan fingerprint density at radius 1 is 1.07 bits per heavy atom. The van der Waals surface area contributed by atoms with Crippen molar-refractivity contribution in [2.45, 2.75) is 38.1 Å². The predicted octanol–water partition coefficient (Wildman–Crippen LogP) is 2.23. The molecule has 15 heteroatoms. The van der Waals surface area contributed by atoms with E-state index in [1.54, 1.807) is 25.1 Å². The first kappa shape index (κ1) is 28.5. The second-order valence-electron chi connectivity index (χ2n) is 9.99. The van der Waals surface area contributed by atoms with E-state index in [1.807, 2.05) is 0 Å². The van der Waals surface area contributed by atoms with Crippen molar-refractivity contribution >= 4 is 39.4 Å². The van der Waals surface area contributed by atoms with Gasteiger partial charge >= 0.3 is 12.4 Å². The number of nitrogens with zero attached hydrogens (tertiary/aromatic N) is 3. The van der Waals surface area contributed by atoms with Gasteiger partial charge in [0, 0.05) is 18.7 Å². The van der Waals surface area contributed by atoms with Gasteiger partial charge < -0.3 is 15.4 Å². The average Bonchev–Trinajstić information content (AvgIpc) is 3.40. The van der Waals surface area contributed by atoms with Gasteiger partial charge in [-0.15, -0.1) is 13.2 Å². The average molecular weight is 594 g/mol. The van der Waals surface area contributed by atoms with Gasteiger partial charge in [0.2, 0.25) is 10.0 Å². The van der Waals surface area contributed by atoms with E-state index in [9.17, 15) is 36.0 Å². The molecule has 3 aliphatic heterocycles. The van der Waals surface area contributed by atoms with Crippen LogP contribution in [-0.4, -0.2) is 73.7 Å². The van der Waals surface area contributed by atoms with Gasteiger partial charge in [-0.05, 0) is 61.6 Å². The number of carbonyl (C=O) groups is 3. The molecular formula is C26H26F3N5O6S. The molecule has 11 nitrogen and oxygen atoms in total. The van der Waals surface area contributed by atoms with Crippen LogP contribution < -0.4 is 20.3 Å². The SMILES string of the molecule is Cc1cc(N2C(=O)CNC2=O)ccc1CCS(=O)(=O)N1CCC2(CC1)N=C(c1cccc(OC(F)(F)F)c1)NC2=O. The number of amides is 4. The van der Waals surface area contributed by atoms with Crippen LogP contribution in [0.25, 0.3) is 0 Å². The van der Waals surface area contributed by atoms with Gasteiger partial charge in [-0.1, -0.05) is 18.2 Å². The molecule has 2 N–H and O–H groups in total. The van der Waals surface area contributed by atoms with E-state index < -0.39 is 39.6 Å². The van der Waals surface area contributed by atoms with Gasteiger partial charge in [-0.25, -0.2) is 22.4 Å². The summed E-state index contributed by atoms with van der Waals surface area (Å²) in [6, 6.07) is 9.54. The summed E-state index contributed by atoms with van der Waals surface area (Å²) >= 11 is 0. The molecule has 0 aromatic heterocycles. The van der Waals surface area contributed by atoms with Gasteiger partial charge in [0.15, 0.2) is 0 Å². The maximum atomic E-state index is 13.1. The lowest BCUT2D eigenvalue weighted by atomic mass is 9.89. The number of piperidine rings is 1. The fraction of sp³-hybridized carbons (Fsp3) is 0.385. The van der Waals surface area contributed by atoms with Crippen molar-refractivity contribution in [3.8, 4) is 5.75 Å². The Morgan fingerprint density at radius 2 is 1.80 bits per heavy atom. The number of benzene rings is 2. The largest absolute Gasteiger partial charge is 0.573 e. The van der Waals surface area contributed by atoms with Crippen LogP contribution in [0.3, 0.4) is 0 Å². The summed E-state index contributed by atoms with van der Waals surface area (Å²) < 4.78 is 69.3. The molecule has 3 heterocycles. The zero-order valence-electron chi connectivity index (χ0n) is 21.8. The predicted molar refractivity (Wildman–Crippen MR) is 141 cm³/mol. The molecule has 0 aliphatic carbocycles. The van der Waals surface area contributed by atoms with E-state index in [0.717, 1.165) is 28.2 Å². The molecule has 0 saturated carbocycles. The van der Waals surface area contributed by atoms with Crippen molar-refractivity contribution in [1.82, 2.24) is 14.9 Å². The van der Waals surface area contributed by atoms with Crippen molar-refractivity contribution in [1.29, 1.82) is 0 Å². The molecule has 41 heavy (non-hydrogen) atoms. The standard InChI is InChI=1S/C26H26F3N5O6S/c1-16-13-19(34-21(35)15-30-24(34)37)6-5-17(16)7-12-41(38,39)33-10-8-25(9-11-33)23(36)31-22(32-25)18-3-2-4-20(14-18)40-26(27,28)29/h2-6,13-14H,7-12,15H2,1H3,(H,30,37)(H,31,32,36). The lowest BCUT2D eigenvalue weighted by Crippen LogP contribution is -2.50. The Kier molecular flexibility index (Phi) is 7.27. The van der Waals surface area contributed by atoms with E-state index in [0.29, 0.717) is 5.69 Å². The fourth-order valence-corrected chi connectivity index (χ4v) is 6.59. The first-order valence-electron chi connectivity index (χ1n) is 12.7. The lowest BCUT2D eigenvalue weighted by Gasteiger charge is -2.34. The van der Waals surface area contributed by atoms with Crippen molar-refractivity contribution in [2.75, 3.05) is 30.3 Å². The Morgan fingerprint density at radius 3 is 2.44 bits per heavy atom. The number of hydrogen-bond donors (Lipinski definition) is 2. The highest BCUT2D eigenvalue weighted by Crippen LogP contribution is 2.33. The zero-order valence-corrected chi connectivity index (χ0v) is 22.6. The van der Waals surface area contributed by atoms with E-state index in [2.05, 4.69) is 20.4 Å². The Hall–Kier alpha value is -3.98. The normalized spacial score (nSPS) is 19.4. The fourth-order valence-electron chi connectivity index (χ4n) is 5.12. The summed E-state index contributed by atoms with van der Waals surface area (Å²) in [5, 5.41) is 5.07. The number of alkyl halides is 3. The molecule has 2 aromatic carbocycles. The topological polar surface area (TPSA) is 137 Å². The number of anilines is 1. The van der Waals surface area contributed by atoms with Crippen LogP contribution in [0.4, 0.5) is 23.7 Å². The molecule has 0 atom stereocenters. The maximum Gasteiger partial charge on any atom is 0.573 e. The van der Waals surface area contributed by atoms with Crippen LogP contribution in [0.5, 0.6) is 5.75 Å². The number of halogens is 3. The van der Waals surface area contributed by atoms with Crippen molar-refractivity contribution < 1.29 is 40.7 Å². The molecular weight excluding hydrogens is 567 g/mol. The lowest BCUT2D eigenvalue weighted by molar-refractivity contribution is -0.274. The molecule has 0 bridgehead atoms.